The van der Waals surface area contributed by atoms with Crippen LogP contribution in [0, 0.1) is 11.3 Å². The van der Waals surface area contributed by atoms with Crippen molar-refractivity contribution in [3.63, 3.8) is 0 Å². The molecule has 1 rings (SSSR count). The molecule has 0 saturated heterocycles. The van der Waals surface area contributed by atoms with Gasteiger partial charge in [-0.1, -0.05) is 0 Å². The SMILES string of the molecule is CCC[CH2][Sn][O]N=C(C#N)c1ccccc1. The third-order valence-electron chi connectivity index (χ3n) is 1.99. The van der Waals surface area contributed by atoms with Crippen LogP contribution in [0.5, 0.6) is 0 Å². The normalized spacial score (nSPS) is 10.9. The van der Waals surface area contributed by atoms with E-state index in [1.165, 1.54) is 12.8 Å². The third kappa shape index (κ3) is 4.67. The fourth-order valence-corrected chi connectivity index (χ4v) is 3.23. The van der Waals surface area contributed by atoms with E-state index in [9.17, 15) is 0 Å². The molecule has 0 saturated carbocycles. The molecule has 0 aliphatic heterocycles. The Balaban J connectivity index is 2.49. The second-order valence-electron chi connectivity index (χ2n) is 3.26. The summed E-state index contributed by atoms with van der Waals surface area (Å²) in [5, 5.41) is 12.9. The van der Waals surface area contributed by atoms with Crippen molar-refractivity contribution in [3.8, 4) is 6.07 Å². The van der Waals surface area contributed by atoms with Crippen molar-refractivity contribution in [2.24, 2.45) is 5.16 Å². The molecule has 0 aromatic heterocycles. The molecule has 3 nitrogen and oxygen atoms in total. The van der Waals surface area contributed by atoms with Crippen LogP contribution in [0.25, 0.3) is 0 Å². The van der Waals surface area contributed by atoms with E-state index in [2.05, 4.69) is 18.1 Å². The van der Waals surface area contributed by atoms with Gasteiger partial charge in [0.25, 0.3) is 0 Å². The quantitative estimate of drug-likeness (QED) is 0.350. The van der Waals surface area contributed by atoms with Crippen molar-refractivity contribution in [1.29, 1.82) is 5.26 Å². The van der Waals surface area contributed by atoms with Crippen LogP contribution in [0.15, 0.2) is 35.5 Å². The van der Waals surface area contributed by atoms with E-state index in [1.807, 2.05) is 30.3 Å². The van der Waals surface area contributed by atoms with Gasteiger partial charge in [0, 0.05) is 0 Å². The molecular formula is C12H14N2OSn. The number of oxime groups is 1. The molecule has 2 radical (unpaired) electrons. The fourth-order valence-electron chi connectivity index (χ4n) is 1.11. The molecule has 82 valence electrons. The molecule has 4 heteroatoms. The molecule has 1 aromatic rings. The van der Waals surface area contributed by atoms with E-state index in [0.29, 0.717) is 5.71 Å². The van der Waals surface area contributed by atoms with Crippen molar-refractivity contribution in [3.05, 3.63) is 35.9 Å². The summed E-state index contributed by atoms with van der Waals surface area (Å²) in [6.07, 6.45) is 2.40. The predicted octanol–water partition coefficient (Wildman–Crippen LogP) is 2.77. The average Bonchev–Trinajstić information content (AvgIpc) is 2.35. The molecule has 0 amide bonds. The molecule has 0 aliphatic carbocycles. The van der Waals surface area contributed by atoms with Crippen LogP contribution in [-0.4, -0.2) is 27.3 Å². The molecule has 0 N–H and O–H groups in total. The van der Waals surface area contributed by atoms with E-state index in [0.717, 1.165) is 10.0 Å². The van der Waals surface area contributed by atoms with Gasteiger partial charge in [-0.3, -0.25) is 0 Å². The second kappa shape index (κ2) is 8.17. The summed E-state index contributed by atoms with van der Waals surface area (Å²) in [4.78, 5) is 0. The topological polar surface area (TPSA) is 45.4 Å². The van der Waals surface area contributed by atoms with Gasteiger partial charge in [-0.15, -0.1) is 0 Å². The van der Waals surface area contributed by atoms with E-state index < -0.39 is 21.6 Å². The number of benzene rings is 1. The first-order valence-electron chi connectivity index (χ1n) is 5.31. The zero-order valence-electron chi connectivity index (χ0n) is 9.31. The van der Waals surface area contributed by atoms with E-state index in [-0.39, 0.29) is 0 Å². The Kier molecular flexibility index (Phi) is 6.66. The van der Waals surface area contributed by atoms with Gasteiger partial charge >= 0.3 is 107 Å². The van der Waals surface area contributed by atoms with Gasteiger partial charge in [-0.2, -0.15) is 0 Å². The van der Waals surface area contributed by atoms with Crippen molar-refractivity contribution in [2.75, 3.05) is 0 Å². The van der Waals surface area contributed by atoms with Gasteiger partial charge in [0.05, 0.1) is 0 Å². The molecule has 0 spiro atoms. The zero-order chi connectivity index (χ0) is 11.6. The maximum atomic E-state index is 8.94. The van der Waals surface area contributed by atoms with Gasteiger partial charge in [-0.05, 0) is 0 Å². The first-order chi connectivity index (χ1) is 7.88. The third-order valence-corrected chi connectivity index (χ3v) is 4.21. The van der Waals surface area contributed by atoms with Gasteiger partial charge in [-0.25, -0.2) is 0 Å². The maximum absolute atomic E-state index is 8.94. The zero-order valence-corrected chi connectivity index (χ0v) is 12.2. The van der Waals surface area contributed by atoms with Crippen LogP contribution in [-0.2, 0) is 3.17 Å². The predicted molar refractivity (Wildman–Crippen MR) is 65.1 cm³/mol. The summed E-state index contributed by atoms with van der Waals surface area (Å²) in [7, 11) is 0. The van der Waals surface area contributed by atoms with Crippen LogP contribution in [0.3, 0.4) is 0 Å². The van der Waals surface area contributed by atoms with Crippen LogP contribution < -0.4 is 0 Å². The molecule has 0 bridgehead atoms. The first-order valence-corrected chi connectivity index (χ1v) is 8.49. The van der Waals surface area contributed by atoms with E-state index in [1.54, 1.807) is 0 Å². The number of nitrogens with zero attached hydrogens (tertiary/aromatic N) is 2. The molecule has 0 aliphatic rings. The van der Waals surface area contributed by atoms with E-state index in [4.69, 9.17) is 8.44 Å². The van der Waals surface area contributed by atoms with Crippen molar-refractivity contribution in [2.45, 2.75) is 24.2 Å². The Bertz CT molecular complexity index is 370. The number of hydrogen-bond acceptors (Lipinski definition) is 3. The molecule has 0 unspecified atom stereocenters. The summed E-state index contributed by atoms with van der Waals surface area (Å²) < 4.78 is 6.43. The average molecular weight is 321 g/mol. The first kappa shape index (κ1) is 13.0. The van der Waals surface area contributed by atoms with Crippen LogP contribution >= 0.6 is 0 Å². The van der Waals surface area contributed by atoms with Gasteiger partial charge < -0.3 is 0 Å². The summed E-state index contributed by atoms with van der Waals surface area (Å²) in [6, 6.07) is 11.5. The van der Waals surface area contributed by atoms with Crippen molar-refractivity contribution >= 4 is 27.3 Å². The molecule has 1 aromatic carbocycles. The second-order valence-corrected chi connectivity index (χ2v) is 6.03. The molecular weight excluding hydrogens is 307 g/mol. The van der Waals surface area contributed by atoms with Crippen LogP contribution in [0.4, 0.5) is 0 Å². The Morgan fingerprint density at radius 1 is 1.44 bits per heavy atom. The number of hydrogen-bond donors (Lipinski definition) is 0. The summed E-state index contributed by atoms with van der Waals surface area (Å²) in [6.45, 7) is 2.16. The van der Waals surface area contributed by atoms with Crippen molar-refractivity contribution in [1.82, 2.24) is 0 Å². The Labute approximate surface area is 107 Å². The number of nitriles is 1. The Hall–Kier alpha value is -1.02. The molecule has 0 fully saturated rings. The van der Waals surface area contributed by atoms with Gasteiger partial charge in [0.15, 0.2) is 0 Å². The monoisotopic (exact) mass is 322 g/mol. The summed E-state index contributed by atoms with van der Waals surface area (Å²) in [5.74, 6) is 0. The van der Waals surface area contributed by atoms with Crippen LogP contribution in [0.1, 0.15) is 25.3 Å². The molecule has 0 atom stereocenters. The number of unbranched alkanes of at least 4 members (excludes halogenated alkanes) is 1. The molecule has 0 heterocycles. The van der Waals surface area contributed by atoms with Gasteiger partial charge in [0.1, 0.15) is 0 Å². The molecule has 16 heavy (non-hydrogen) atoms. The Morgan fingerprint density at radius 3 is 2.81 bits per heavy atom. The van der Waals surface area contributed by atoms with Crippen molar-refractivity contribution < 1.29 is 3.17 Å². The van der Waals surface area contributed by atoms with Gasteiger partial charge in [0.2, 0.25) is 0 Å². The fraction of sp³-hybridized carbons (Fsp3) is 0.333. The summed E-state index contributed by atoms with van der Waals surface area (Å²) >= 11 is -0.858. The Morgan fingerprint density at radius 2 is 2.19 bits per heavy atom. The van der Waals surface area contributed by atoms with E-state index >= 15 is 0 Å². The minimum absolute atomic E-state index is 0.373. The minimum atomic E-state index is -0.858. The van der Waals surface area contributed by atoms with Crippen LogP contribution in [0.2, 0.25) is 4.44 Å². The summed E-state index contributed by atoms with van der Waals surface area (Å²) in [5.41, 5.74) is 1.19. The standard InChI is InChI=1S/C8H6N2O.C4H9.Sn/c9-6-8(10-11)7-4-2-1-3-5-7;1-3-4-2;/h1-5,11H;1,3-4H2,2H3;/q;;+1/p-1. The number of rotatable bonds is 6.